The Balaban J connectivity index is 1.85. The SMILES string of the molecule is O=C1CCc2cn(c3ccccc23)CCCCCCCN1. The fourth-order valence-corrected chi connectivity index (χ4v) is 3.21. The van der Waals surface area contributed by atoms with E-state index in [9.17, 15) is 4.79 Å². The number of hydrogen-bond acceptors (Lipinski definition) is 1. The molecule has 3 rings (SSSR count). The Labute approximate surface area is 126 Å². The number of carbonyl (C=O) groups excluding carboxylic acids is 1. The molecule has 3 nitrogen and oxygen atoms in total. The Morgan fingerprint density at radius 1 is 0.952 bits per heavy atom. The minimum absolute atomic E-state index is 0.184. The average molecular weight is 284 g/mol. The van der Waals surface area contributed by atoms with Crippen LogP contribution in [0.4, 0.5) is 0 Å². The second kappa shape index (κ2) is 6.79. The van der Waals surface area contributed by atoms with Gasteiger partial charge >= 0.3 is 0 Å². The van der Waals surface area contributed by atoms with Gasteiger partial charge in [-0.1, -0.05) is 37.5 Å². The van der Waals surface area contributed by atoms with Crippen LogP contribution in [0.1, 0.15) is 44.1 Å². The smallest absolute Gasteiger partial charge is 0.220 e. The number of benzene rings is 1. The summed E-state index contributed by atoms with van der Waals surface area (Å²) in [4.78, 5) is 11.9. The van der Waals surface area contributed by atoms with Crippen LogP contribution in [0, 0.1) is 0 Å². The molecule has 1 N–H and O–H groups in total. The number of fused-ring (bicyclic) bond motifs is 5. The zero-order valence-corrected chi connectivity index (χ0v) is 12.6. The summed E-state index contributed by atoms with van der Waals surface area (Å²) in [5, 5.41) is 4.34. The molecule has 3 heteroatoms. The van der Waals surface area contributed by atoms with Gasteiger partial charge in [0.05, 0.1) is 0 Å². The van der Waals surface area contributed by atoms with Gasteiger partial charge in [0, 0.05) is 36.6 Å². The highest BCUT2D eigenvalue weighted by atomic mass is 16.1. The molecule has 0 fully saturated rings. The Hall–Kier alpha value is -1.77. The molecule has 2 bridgehead atoms. The molecular weight excluding hydrogens is 260 g/mol. The van der Waals surface area contributed by atoms with E-state index < -0.39 is 0 Å². The second-order valence-corrected chi connectivity index (χ2v) is 5.98. The first-order chi connectivity index (χ1) is 10.3. The Morgan fingerprint density at radius 3 is 2.71 bits per heavy atom. The van der Waals surface area contributed by atoms with Crippen LogP contribution in [0.3, 0.4) is 0 Å². The molecule has 0 saturated carbocycles. The van der Waals surface area contributed by atoms with Crippen molar-refractivity contribution in [1.82, 2.24) is 9.88 Å². The fourth-order valence-electron chi connectivity index (χ4n) is 3.21. The molecule has 0 aliphatic carbocycles. The van der Waals surface area contributed by atoms with Gasteiger partial charge in [-0.05, 0) is 30.9 Å². The van der Waals surface area contributed by atoms with Gasteiger partial charge < -0.3 is 9.88 Å². The quantitative estimate of drug-likeness (QED) is 0.787. The van der Waals surface area contributed by atoms with Crippen molar-refractivity contribution >= 4 is 16.8 Å². The minimum Gasteiger partial charge on any atom is -0.356 e. The van der Waals surface area contributed by atoms with Crippen LogP contribution in [0.15, 0.2) is 30.5 Å². The van der Waals surface area contributed by atoms with Crippen LogP contribution >= 0.6 is 0 Å². The topological polar surface area (TPSA) is 34.0 Å². The van der Waals surface area contributed by atoms with Gasteiger partial charge in [-0.3, -0.25) is 4.79 Å². The van der Waals surface area contributed by atoms with Crippen LogP contribution in [0.2, 0.25) is 0 Å². The van der Waals surface area contributed by atoms with Gasteiger partial charge in [-0.25, -0.2) is 0 Å². The van der Waals surface area contributed by atoms with E-state index in [-0.39, 0.29) is 5.91 Å². The second-order valence-electron chi connectivity index (χ2n) is 5.98. The summed E-state index contributed by atoms with van der Waals surface area (Å²) < 4.78 is 2.37. The number of aryl methyl sites for hydroxylation is 2. The molecule has 1 amide bonds. The third-order valence-corrected chi connectivity index (χ3v) is 4.39. The molecule has 1 aliphatic rings. The van der Waals surface area contributed by atoms with E-state index in [0.717, 1.165) is 25.9 Å². The zero-order chi connectivity index (χ0) is 14.5. The van der Waals surface area contributed by atoms with E-state index in [4.69, 9.17) is 0 Å². The number of para-hydroxylation sites is 1. The maximum absolute atomic E-state index is 11.9. The third-order valence-electron chi connectivity index (χ3n) is 4.39. The van der Waals surface area contributed by atoms with E-state index in [1.54, 1.807) is 0 Å². The Bertz CT molecular complexity index is 615. The summed E-state index contributed by atoms with van der Waals surface area (Å²) >= 11 is 0. The van der Waals surface area contributed by atoms with Crippen molar-refractivity contribution < 1.29 is 4.79 Å². The molecule has 2 heterocycles. The third kappa shape index (κ3) is 3.46. The van der Waals surface area contributed by atoms with Crippen molar-refractivity contribution in [3.63, 3.8) is 0 Å². The molecule has 2 aromatic rings. The number of carbonyl (C=O) groups is 1. The summed E-state index contributed by atoms with van der Waals surface area (Å²) in [7, 11) is 0. The van der Waals surface area contributed by atoms with Crippen LogP contribution in [0.5, 0.6) is 0 Å². The average Bonchev–Trinajstić information content (AvgIpc) is 2.85. The molecule has 1 aromatic heterocycles. The lowest BCUT2D eigenvalue weighted by atomic mass is 10.1. The lowest BCUT2D eigenvalue weighted by molar-refractivity contribution is -0.121. The van der Waals surface area contributed by atoms with Crippen molar-refractivity contribution in [2.75, 3.05) is 6.54 Å². The molecule has 0 unspecified atom stereocenters. The number of nitrogens with zero attached hydrogens (tertiary/aromatic N) is 1. The number of rotatable bonds is 0. The van der Waals surface area contributed by atoms with Crippen LogP contribution < -0.4 is 5.32 Å². The highest BCUT2D eigenvalue weighted by Gasteiger charge is 2.10. The molecular formula is C18H24N2O. The van der Waals surface area contributed by atoms with Gasteiger partial charge in [-0.15, -0.1) is 0 Å². The molecule has 0 spiro atoms. The molecule has 1 aliphatic heterocycles. The predicted octanol–water partition coefficient (Wildman–Crippen LogP) is 3.65. The first-order valence-electron chi connectivity index (χ1n) is 8.18. The van der Waals surface area contributed by atoms with Gasteiger partial charge in [0.2, 0.25) is 5.91 Å². The van der Waals surface area contributed by atoms with E-state index in [1.807, 2.05) is 0 Å². The molecule has 1 aromatic carbocycles. The summed E-state index contributed by atoms with van der Waals surface area (Å²) in [5.74, 6) is 0.184. The van der Waals surface area contributed by atoms with Crippen molar-refractivity contribution in [3.05, 3.63) is 36.0 Å². The van der Waals surface area contributed by atoms with E-state index >= 15 is 0 Å². The van der Waals surface area contributed by atoms with Crippen LogP contribution in [-0.2, 0) is 17.8 Å². The minimum atomic E-state index is 0.184. The van der Waals surface area contributed by atoms with Crippen molar-refractivity contribution in [1.29, 1.82) is 0 Å². The zero-order valence-electron chi connectivity index (χ0n) is 12.6. The van der Waals surface area contributed by atoms with Crippen molar-refractivity contribution in [2.24, 2.45) is 0 Å². The molecule has 0 saturated heterocycles. The molecule has 21 heavy (non-hydrogen) atoms. The number of nitrogens with one attached hydrogen (secondary N) is 1. The largest absolute Gasteiger partial charge is 0.356 e. The van der Waals surface area contributed by atoms with E-state index in [1.165, 1.54) is 42.1 Å². The Morgan fingerprint density at radius 2 is 1.76 bits per heavy atom. The van der Waals surface area contributed by atoms with Gasteiger partial charge in [0.25, 0.3) is 0 Å². The van der Waals surface area contributed by atoms with Crippen LogP contribution in [-0.4, -0.2) is 17.0 Å². The highest BCUT2D eigenvalue weighted by Crippen LogP contribution is 2.23. The summed E-state index contributed by atoms with van der Waals surface area (Å²) in [5.41, 5.74) is 2.61. The first kappa shape index (κ1) is 14.2. The van der Waals surface area contributed by atoms with Crippen molar-refractivity contribution in [2.45, 2.75) is 51.5 Å². The van der Waals surface area contributed by atoms with Crippen LogP contribution in [0.25, 0.3) is 10.9 Å². The van der Waals surface area contributed by atoms with Gasteiger partial charge in [-0.2, -0.15) is 0 Å². The number of hydrogen-bond donors (Lipinski definition) is 1. The van der Waals surface area contributed by atoms with Gasteiger partial charge in [0.15, 0.2) is 0 Å². The number of amides is 1. The normalized spacial score (nSPS) is 18.2. The fraction of sp³-hybridized carbons (Fsp3) is 0.500. The van der Waals surface area contributed by atoms with Gasteiger partial charge in [0.1, 0.15) is 0 Å². The molecule has 112 valence electrons. The number of aromatic nitrogens is 1. The standard InChI is InChI=1S/C18H24N2O/c21-18-11-10-15-14-20(17-9-5-4-8-16(15)17)13-7-3-1-2-6-12-19-18/h4-5,8-9,14H,1-3,6-7,10-13H2,(H,19,21). The monoisotopic (exact) mass is 284 g/mol. The first-order valence-corrected chi connectivity index (χ1v) is 8.18. The lowest BCUT2D eigenvalue weighted by Crippen LogP contribution is -2.24. The lowest BCUT2D eigenvalue weighted by Gasteiger charge is -2.07. The maximum atomic E-state index is 11.9. The maximum Gasteiger partial charge on any atom is 0.220 e. The molecule has 0 radical (unpaired) electrons. The predicted molar refractivity (Wildman–Crippen MR) is 86.4 cm³/mol. The highest BCUT2D eigenvalue weighted by molar-refractivity contribution is 5.85. The summed E-state index contributed by atoms with van der Waals surface area (Å²) in [6.45, 7) is 1.92. The molecule has 0 atom stereocenters. The summed E-state index contributed by atoms with van der Waals surface area (Å²) in [6, 6.07) is 8.56. The van der Waals surface area contributed by atoms with Crippen molar-refractivity contribution in [3.8, 4) is 0 Å². The van der Waals surface area contributed by atoms with E-state index in [0.29, 0.717) is 6.42 Å². The van der Waals surface area contributed by atoms with E-state index in [2.05, 4.69) is 40.3 Å². The summed E-state index contributed by atoms with van der Waals surface area (Å²) in [6.07, 6.45) is 9.79. The Kier molecular flexibility index (Phi) is 4.59.